The summed E-state index contributed by atoms with van der Waals surface area (Å²) in [7, 11) is 3.18. The Kier molecular flexibility index (Phi) is 5.46. The highest BCUT2D eigenvalue weighted by Gasteiger charge is 2.31. The molecule has 0 spiro atoms. The number of hydrogen-bond donors (Lipinski definition) is 0. The molecule has 0 N–H and O–H groups in total. The van der Waals surface area contributed by atoms with Gasteiger partial charge in [-0.1, -0.05) is 12.5 Å². The van der Waals surface area contributed by atoms with Crippen LogP contribution in [0, 0.1) is 5.92 Å². The Labute approximate surface area is 148 Å². The third-order valence-corrected chi connectivity index (χ3v) is 5.20. The number of methoxy groups -OCH3 is 2. The molecule has 136 valence electrons. The van der Waals surface area contributed by atoms with Crippen LogP contribution in [0.5, 0.6) is 11.5 Å². The molecule has 0 atom stereocenters. The Bertz CT molecular complexity index is 634. The summed E-state index contributed by atoms with van der Waals surface area (Å²) >= 11 is 0. The zero-order valence-corrected chi connectivity index (χ0v) is 15.0. The van der Waals surface area contributed by atoms with E-state index >= 15 is 0 Å². The summed E-state index contributed by atoms with van der Waals surface area (Å²) in [6, 6.07) is 5.54. The van der Waals surface area contributed by atoms with Gasteiger partial charge in [0.1, 0.15) is 0 Å². The van der Waals surface area contributed by atoms with Crippen molar-refractivity contribution in [2.75, 3.05) is 40.4 Å². The van der Waals surface area contributed by atoms with E-state index in [1.165, 1.54) is 6.42 Å². The molecule has 1 aliphatic carbocycles. The summed E-state index contributed by atoms with van der Waals surface area (Å²) in [6.45, 7) is 2.52. The number of benzene rings is 1. The molecule has 1 aromatic rings. The van der Waals surface area contributed by atoms with Crippen LogP contribution in [0.25, 0.3) is 0 Å². The highest BCUT2D eigenvalue weighted by atomic mass is 16.5. The van der Waals surface area contributed by atoms with Crippen molar-refractivity contribution >= 4 is 11.8 Å². The van der Waals surface area contributed by atoms with Crippen molar-refractivity contribution in [2.45, 2.75) is 25.7 Å². The van der Waals surface area contributed by atoms with Gasteiger partial charge in [0.15, 0.2) is 11.5 Å². The number of carbonyl (C=O) groups is 2. The molecule has 2 fully saturated rings. The van der Waals surface area contributed by atoms with Crippen LogP contribution in [0.4, 0.5) is 0 Å². The van der Waals surface area contributed by atoms with E-state index in [-0.39, 0.29) is 17.7 Å². The van der Waals surface area contributed by atoms with Gasteiger partial charge in [0.25, 0.3) is 0 Å². The zero-order valence-electron chi connectivity index (χ0n) is 15.0. The summed E-state index contributed by atoms with van der Waals surface area (Å²) in [5, 5.41) is 0. The Morgan fingerprint density at radius 1 is 1.00 bits per heavy atom. The van der Waals surface area contributed by atoms with Gasteiger partial charge in [0, 0.05) is 32.1 Å². The maximum Gasteiger partial charge on any atom is 0.227 e. The summed E-state index contributed by atoms with van der Waals surface area (Å²) < 4.78 is 10.5. The third-order valence-electron chi connectivity index (χ3n) is 5.20. The number of piperazine rings is 1. The molecule has 3 rings (SSSR count). The standard InChI is InChI=1S/C19H26N2O4/c1-24-16-7-6-14(12-17(16)25-2)13-18(22)20-8-10-21(11-9-20)19(23)15-4-3-5-15/h6-7,12,15H,3-5,8-11,13H2,1-2H3. The Hall–Kier alpha value is -2.24. The van der Waals surface area contributed by atoms with Crippen LogP contribution in [0.3, 0.4) is 0 Å². The van der Waals surface area contributed by atoms with E-state index in [9.17, 15) is 9.59 Å². The van der Waals surface area contributed by atoms with Crippen LogP contribution in [0.2, 0.25) is 0 Å². The predicted octanol–water partition coefficient (Wildman–Crippen LogP) is 1.72. The van der Waals surface area contributed by atoms with E-state index in [2.05, 4.69) is 0 Å². The molecule has 0 radical (unpaired) electrons. The molecule has 1 saturated heterocycles. The minimum absolute atomic E-state index is 0.0861. The van der Waals surface area contributed by atoms with E-state index in [4.69, 9.17) is 9.47 Å². The lowest BCUT2D eigenvalue weighted by Gasteiger charge is -2.38. The monoisotopic (exact) mass is 346 g/mol. The van der Waals surface area contributed by atoms with Crippen molar-refractivity contribution in [1.29, 1.82) is 0 Å². The molecule has 1 aromatic carbocycles. The Morgan fingerprint density at radius 3 is 2.20 bits per heavy atom. The highest BCUT2D eigenvalue weighted by Crippen LogP contribution is 2.29. The van der Waals surface area contributed by atoms with Crippen molar-refractivity contribution in [3.05, 3.63) is 23.8 Å². The molecule has 1 aliphatic heterocycles. The molecule has 2 amide bonds. The molecular weight excluding hydrogens is 320 g/mol. The van der Waals surface area contributed by atoms with Gasteiger partial charge in [0.2, 0.25) is 11.8 Å². The molecule has 1 heterocycles. The summed E-state index contributed by atoms with van der Waals surface area (Å²) in [4.78, 5) is 28.6. The Morgan fingerprint density at radius 2 is 1.64 bits per heavy atom. The minimum Gasteiger partial charge on any atom is -0.493 e. The smallest absolute Gasteiger partial charge is 0.227 e. The summed E-state index contributed by atoms with van der Waals surface area (Å²) in [5.41, 5.74) is 0.899. The van der Waals surface area contributed by atoms with Crippen LogP contribution in [-0.4, -0.2) is 62.0 Å². The van der Waals surface area contributed by atoms with E-state index < -0.39 is 0 Å². The number of rotatable bonds is 5. The van der Waals surface area contributed by atoms with Gasteiger partial charge in [-0.2, -0.15) is 0 Å². The normalized spacial score (nSPS) is 17.8. The number of carbonyl (C=O) groups excluding carboxylic acids is 2. The van der Waals surface area contributed by atoms with Crippen LogP contribution in [-0.2, 0) is 16.0 Å². The van der Waals surface area contributed by atoms with Gasteiger partial charge in [-0.25, -0.2) is 0 Å². The molecule has 25 heavy (non-hydrogen) atoms. The zero-order chi connectivity index (χ0) is 17.8. The van der Waals surface area contributed by atoms with Gasteiger partial charge in [-0.15, -0.1) is 0 Å². The minimum atomic E-state index is 0.0861. The van der Waals surface area contributed by atoms with Crippen molar-refractivity contribution < 1.29 is 19.1 Å². The van der Waals surface area contributed by atoms with Crippen molar-refractivity contribution in [3.63, 3.8) is 0 Å². The fourth-order valence-electron chi connectivity index (χ4n) is 3.37. The lowest BCUT2D eigenvalue weighted by Crippen LogP contribution is -2.52. The number of ether oxygens (including phenoxy) is 2. The first-order chi connectivity index (χ1) is 12.1. The topological polar surface area (TPSA) is 59.1 Å². The van der Waals surface area contributed by atoms with Gasteiger partial charge in [0.05, 0.1) is 20.6 Å². The average molecular weight is 346 g/mol. The van der Waals surface area contributed by atoms with Crippen LogP contribution < -0.4 is 9.47 Å². The molecule has 6 heteroatoms. The van der Waals surface area contributed by atoms with E-state index in [1.54, 1.807) is 14.2 Å². The predicted molar refractivity (Wildman–Crippen MR) is 93.8 cm³/mol. The molecule has 0 aromatic heterocycles. The quantitative estimate of drug-likeness (QED) is 0.814. The van der Waals surface area contributed by atoms with Crippen LogP contribution in [0.15, 0.2) is 18.2 Å². The fraction of sp³-hybridized carbons (Fsp3) is 0.579. The van der Waals surface area contributed by atoms with Crippen molar-refractivity contribution in [2.24, 2.45) is 5.92 Å². The van der Waals surface area contributed by atoms with Crippen molar-refractivity contribution in [3.8, 4) is 11.5 Å². The molecule has 2 aliphatic rings. The highest BCUT2D eigenvalue weighted by molar-refractivity contribution is 5.81. The lowest BCUT2D eigenvalue weighted by molar-refractivity contribution is -0.143. The number of hydrogen-bond acceptors (Lipinski definition) is 4. The Balaban J connectivity index is 1.53. The van der Waals surface area contributed by atoms with Crippen molar-refractivity contribution in [1.82, 2.24) is 9.80 Å². The molecule has 0 unspecified atom stereocenters. The first-order valence-electron chi connectivity index (χ1n) is 8.90. The molecular formula is C19H26N2O4. The SMILES string of the molecule is COc1ccc(CC(=O)N2CCN(C(=O)C3CCC3)CC2)cc1OC. The van der Waals surface area contributed by atoms with E-state index in [1.807, 2.05) is 28.0 Å². The van der Waals surface area contributed by atoms with Crippen LogP contribution >= 0.6 is 0 Å². The summed E-state index contributed by atoms with van der Waals surface area (Å²) in [6.07, 6.45) is 3.55. The maximum atomic E-state index is 12.5. The van der Waals surface area contributed by atoms with Crippen LogP contribution in [0.1, 0.15) is 24.8 Å². The first-order valence-corrected chi connectivity index (χ1v) is 8.90. The van der Waals surface area contributed by atoms with E-state index in [0.717, 1.165) is 18.4 Å². The third kappa shape index (κ3) is 3.89. The average Bonchev–Trinajstić information content (AvgIpc) is 2.60. The number of amides is 2. The largest absolute Gasteiger partial charge is 0.493 e. The lowest BCUT2D eigenvalue weighted by atomic mass is 9.84. The summed E-state index contributed by atoms with van der Waals surface area (Å²) in [5.74, 6) is 1.88. The van der Waals surface area contributed by atoms with Gasteiger partial charge >= 0.3 is 0 Å². The maximum absolute atomic E-state index is 12.5. The number of nitrogens with zero attached hydrogens (tertiary/aromatic N) is 2. The van der Waals surface area contributed by atoms with E-state index in [0.29, 0.717) is 44.1 Å². The molecule has 6 nitrogen and oxygen atoms in total. The molecule has 0 bridgehead atoms. The second kappa shape index (κ2) is 7.76. The first kappa shape index (κ1) is 17.6. The molecule has 1 saturated carbocycles. The van der Waals surface area contributed by atoms with Gasteiger partial charge in [-0.05, 0) is 30.5 Å². The second-order valence-electron chi connectivity index (χ2n) is 6.70. The second-order valence-corrected chi connectivity index (χ2v) is 6.70. The fourth-order valence-corrected chi connectivity index (χ4v) is 3.37. The van der Waals surface area contributed by atoms with Gasteiger partial charge in [-0.3, -0.25) is 9.59 Å². The van der Waals surface area contributed by atoms with Gasteiger partial charge < -0.3 is 19.3 Å².